The van der Waals surface area contributed by atoms with E-state index in [1.165, 1.54) is 18.2 Å². The molecule has 1 aliphatic heterocycles. The van der Waals surface area contributed by atoms with Gasteiger partial charge < -0.3 is 25.0 Å². The number of hydrogen-bond acceptors (Lipinski definition) is 8. The first kappa shape index (κ1) is 27.8. The van der Waals surface area contributed by atoms with Crippen molar-refractivity contribution in [2.45, 2.75) is 25.6 Å². The molecule has 0 bridgehead atoms. The lowest BCUT2D eigenvalue weighted by atomic mass is 10.1. The second-order valence-corrected chi connectivity index (χ2v) is 9.05. The summed E-state index contributed by atoms with van der Waals surface area (Å²) in [5, 5.41) is 9.84. The third kappa shape index (κ3) is 7.44. The van der Waals surface area contributed by atoms with Crippen molar-refractivity contribution >= 4 is 41.5 Å². The number of hydrazone groups is 1. The second kappa shape index (κ2) is 13.1. The van der Waals surface area contributed by atoms with Crippen LogP contribution in [0, 0.1) is 0 Å². The molecule has 3 aromatic rings. The molecule has 1 aliphatic rings. The Morgan fingerprint density at radius 3 is 2.65 bits per heavy atom. The van der Waals surface area contributed by atoms with Gasteiger partial charge in [0.15, 0.2) is 0 Å². The highest BCUT2D eigenvalue weighted by Crippen LogP contribution is 2.25. The first-order chi connectivity index (χ1) is 19.3. The normalized spacial score (nSPS) is 14.5. The number of amides is 3. The maximum absolute atomic E-state index is 13.0. The van der Waals surface area contributed by atoms with Crippen molar-refractivity contribution in [2.24, 2.45) is 5.10 Å². The number of hydrogen-bond donors (Lipinski definition) is 3. The third-order valence-electron chi connectivity index (χ3n) is 6.10. The molecule has 0 radical (unpaired) electrons. The van der Waals surface area contributed by atoms with Gasteiger partial charge in [-0.2, -0.15) is 5.10 Å². The standard InChI is InChI=1S/C29H29N5O6/c1-34-17-22-14-21(11-12-24(22)32-25(28(34)37)15-26(35)39-2)27(36)31-23-10-6-9-20(13-23)16-30-33-29(38)40-18-19-7-4-3-5-8-19/h3-14,16,25,32H,15,17-18H2,1-2H3,(H,31,36)(H,33,38). The third-order valence-corrected chi connectivity index (χ3v) is 6.10. The van der Waals surface area contributed by atoms with Crippen LogP contribution in [0.4, 0.5) is 16.2 Å². The average Bonchev–Trinajstić information content (AvgIpc) is 3.07. The molecule has 0 aliphatic carbocycles. The number of esters is 1. The van der Waals surface area contributed by atoms with Gasteiger partial charge in [-0.05, 0) is 47.0 Å². The lowest BCUT2D eigenvalue weighted by molar-refractivity contribution is -0.143. The highest BCUT2D eigenvalue weighted by molar-refractivity contribution is 6.05. The van der Waals surface area contributed by atoms with Gasteiger partial charge in [0.05, 0.1) is 19.7 Å². The Hall–Kier alpha value is -5.19. The number of ether oxygens (including phenoxy) is 2. The molecule has 0 aromatic heterocycles. The molecule has 3 N–H and O–H groups in total. The van der Waals surface area contributed by atoms with Gasteiger partial charge in [0.25, 0.3) is 5.91 Å². The van der Waals surface area contributed by atoms with Gasteiger partial charge in [0.2, 0.25) is 5.91 Å². The minimum Gasteiger partial charge on any atom is -0.469 e. The van der Waals surface area contributed by atoms with E-state index in [2.05, 4.69) is 21.2 Å². The monoisotopic (exact) mass is 543 g/mol. The number of carbonyl (C=O) groups excluding carboxylic acids is 4. The SMILES string of the molecule is COC(=O)CC1Nc2ccc(C(=O)Nc3cccc(C=NNC(=O)OCc4ccccc4)c3)cc2CN(C)C1=O. The molecule has 0 fully saturated rings. The summed E-state index contributed by atoms with van der Waals surface area (Å²) in [4.78, 5) is 50.8. The lowest BCUT2D eigenvalue weighted by Gasteiger charge is -2.19. The zero-order valence-electron chi connectivity index (χ0n) is 22.0. The topological polar surface area (TPSA) is 138 Å². The fraction of sp³-hybridized carbons (Fsp3) is 0.207. The lowest BCUT2D eigenvalue weighted by Crippen LogP contribution is -2.39. The number of nitrogens with zero attached hydrogens (tertiary/aromatic N) is 2. The van der Waals surface area contributed by atoms with E-state index in [0.717, 1.165) is 11.1 Å². The molecule has 4 rings (SSSR count). The highest BCUT2D eigenvalue weighted by Gasteiger charge is 2.29. The zero-order chi connectivity index (χ0) is 28.5. The van der Waals surface area contributed by atoms with E-state index < -0.39 is 18.1 Å². The molecule has 0 saturated heterocycles. The summed E-state index contributed by atoms with van der Waals surface area (Å²) in [6, 6.07) is 20.5. The van der Waals surface area contributed by atoms with Crippen LogP contribution in [0.3, 0.4) is 0 Å². The van der Waals surface area contributed by atoms with Crippen LogP contribution in [0.1, 0.15) is 33.5 Å². The van der Waals surface area contributed by atoms with E-state index in [9.17, 15) is 19.2 Å². The zero-order valence-corrected chi connectivity index (χ0v) is 22.0. The van der Waals surface area contributed by atoms with E-state index in [4.69, 9.17) is 9.47 Å². The maximum atomic E-state index is 13.0. The number of nitrogens with one attached hydrogen (secondary N) is 3. The predicted octanol–water partition coefficient (Wildman–Crippen LogP) is 3.51. The van der Waals surface area contributed by atoms with Crippen LogP contribution < -0.4 is 16.1 Å². The molecule has 3 amide bonds. The van der Waals surface area contributed by atoms with E-state index in [0.29, 0.717) is 22.5 Å². The molecule has 0 saturated carbocycles. The van der Waals surface area contributed by atoms with Crippen LogP contribution in [-0.4, -0.2) is 55.2 Å². The Labute approximate surface area is 231 Å². The van der Waals surface area contributed by atoms with E-state index in [-0.39, 0.29) is 31.4 Å². The number of anilines is 2. The van der Waals surface area contributed by atoms with Gasteiger partial charge in [0, 0.05) is 30.5 Å². The fourth-order valence-corrected chi connectivity index (χ4v) is 4.06. The smallest absolute Gasteiger partial charge is 0.428 e. The van der Waals surface area contributed by atoms with Crippen LogP contribution >= 0.6 is 0 Å². The molecule has 0 spiro atoms. The van der Waals surface area contributed by atoms with Gasteiger partial charge in [-0.1, -0.05) is 42.5 Å². The molecular formula is C29H29N5O6. The largest absolute Gasteiger partial charge is 0.469 e. The molecule has 3 aromatic carbocycles. The quantitative estimate of drug-likeness (QED) is 0.225. The van der Waals surface area contributed by atoms with Gasteiger partial charge >= 0.3 is 12.1 Å². The molecule has 11 nitrogen and oxygen atoms in total. The van der Waals surface area contributed by atoms with Crippen molar-refractivity contribution in [1.82, 2.24) is 10.3 Å². The Kier molecular flexibility index (Phi) is 9.08. The summed E-state index contributed by atoms with van der Waals surface area (Å²) in [5.74, 6) is -1.08. The second-order valence-electron chi connectivity index (χ2n) is 9.05. The molecule has 1 atom stereocenters. The highest BCUT2D eigenvalue weighted by atomic mass is 16.6. The van der Waals surface area contributed by atoms with Crippen LogP contribution in [0.2, 0.25) is 0 Å². The summed E-state index contributed by atoms with van der Waals surface area (Å²) >= 11 is 0. The number of methoxy groups -OCH3 is 1. The Bertz CT molecular complexity index is 1430. The van der Waals surface area contributed by atoms with Gasteiger partial charge in [-0.25, -0.2) is 10.2 Å². The molecule has 11 heteroatoms. The Morgan fingerprint density at radius 2 is 1.88 bits per heavy atom. The number of likely N-dealkylation sites (N-methyl/N-ethyl adjacent to an activating group) is 1. The summed E-state index contributed by atoms with van der Waals surface area (Å²) in [6.07, 6.45) is 0.641. The van der Waals surface area contributed by atoms with Crippen molar-refractivity contribution in [2.75, 3.05) is 24.8 Å². The molecule has 1 heterocycles. The molecule has 40 heavy (non-hydrogen) atoms. The number of fused-ring (bicyclic) bond motifs is 1. The first-order valence-corrected chi connectivity index (χ1v) is 12.4. The van der Waals surface area contributed by atoms with Crippen LogP contribution in [0.5, 0.6) is 0 Å². The van der Waals surface area contributed by atoms with E-state index >= 15 is 0 Å². The number of rotatable bonds is 8. The van der Waals surface area contributed by atoms with E-state index in [1.807, 2.05) is 30.3 Å². The van der Waals surface area contributed by atoms with E-state index in [1.54, 1.807) is 49.5 Å². The number of carbonyl (C=O) groups is 4. The van der Waals surface area contributed by atoms with Gasteiger partial charge in [-0.15, -0.1) is 0 Å². The summed E-state index contributed by atoms with van der Waals surface area (Å²) in [5.41, 5.74) is 6.14. The minimum absolute atomic E-state index is 0.106. The Morgan fingerprint density at radius 1 is 1.07 bits per heavy atom. The van der Waals surface area contributed by atoms with Crippen LogP contribution in [0.15, 0.2) is 77.9 Å². The summed E-state index contributed by atoms with van der Waals surface area (Å²) in [7, 11) is 2.91. The van der Waals surface area contributed by atoms with Crippen molar-refractivity contribution in [1.29, 1.82) is 0 Å². The molecule has 206 valence electrons. The van der Waals surface area contributed by atoms with Crippen LogP contribution in [0.25, 0.3) is 0 Å². The van der Waals surface area contributed by atoms with Gasteiger partial charge in [0.1, 0.15) is 12.6 Å². The fourth-order valence-electron chi connectivity index (χ4n) is 4.06. The van der Waals surface area contributed by atoms with Crippen molar-refractivity contribution < 1.29 is 28.7 Å². The predicted molar refractivity (Wildman–Crippen MR) is 149 cm³/mol. The molecular weight excluding hydrogens is 514 g/mol. The maximum Gasteiger partial charge on any atom is 0.428 e. The van der Waals surface area contributed by atoms with Crippen molar-refractivity contribution in [3.8, 4) is 0 Å². The summed E-state index contributed by atoms with van der Waals surface area (Å²) < 4.78 is 9.81. The number of benzene rings is 3. The Balaban J connectivity index is 1.36. The minimum atomic E-state index is -0.761. The average molecular weight is 544 g/mol. The van der Waals surface area contributed by atoms with Crippen LogP contribution in [-0.2, 0) is 32.2 Å². The molecule has 1 unspecified atom stereocenters. The van der Waals surface area contributed by atoms with Crippen molar-refractivity contribution in [3.05, 3.63) is 95.1 Å². The van der Waals surface area contributed by atoms with Gasteiger partial charge in [-0.3, -0.25) is 14.4 Å². The van der Waals surface area contributed by atoms with Crippen molar-refractivity contribution in [3.63, 3.8) is 0 Å². The summed E-state index contributed by atoms with van der Waals surface area (Å²) in [6.45, 7) is 0.399. The first-order valence-electron chi connectivity index (χ1n) is 12.4.